The van der Waals surface area contributed by atoms with Crippen LogP contribution in [-0.4, -0.2) is 4.98 Å². The van der Waals surface area contributed by atoms with E-state index < -0.39 is 12.2 Å². The van der Waals surface area contributed by atoms with E-state index >= 15 is 0 Å². The molecule has 0 amide bonds. The van der Waals surface area contributed by atoms with Crippen LogP contribution >= 0.6 is 0 Å². The Hall–Kier alpha value is -2.35. The van der Waals surface area contributed by atoms with Gasteiger partial charge in [-0.1, -0.05) is 30.8 Å². The number of pyridine rings is 1. The van der Waals surface area contributed by atoms with Gasteiger partial charge in [-0.25, -0.2) is 13.2 Å². The summed E-state index contributed by atoms with van der Waals surface area (Å²) in [5.74, 6) is -0.531. The van der Waals surface area contributed by atoms with Crippen LogP contribution in [0.15, 0.2) is 36.5 Å². The fourth-order valence-corrected chi connectivity index (χ4v) is 1.52. The molecule has 1 heterocycles. The number of halogens is 3. The van der Waals surface area contributed by atoms with Crippen molar-refractivity contribution in [1.29, 1.82) is 0 Å². The van der Waals surface area contributed by atoms with Crippen molar-refractivity contribution < 1.29 is 13.2 Å². The zero-order valence-electron chi connectivity index (χ0n) is 9.07. The fourth-order valence-electron chi connectivity index (χ4n) is 1.52. The molecule has 0 unspecified atom stereocenters. The van der Waals surface area contributed by atoms with Crippen LogP contribution in [0.1, 0.15) is 12.0 Å². The average molecular weight is 248 g/mol. The van der Waals surface area contributed by atoms with Gasteiger partial charge in [-0.05, 0) is 11.6 Å². The molecule has 0 N–H and O–H groups in total. The Morgan fingerprint density at radius 3 is 2.39 bits per heavy atom. The topological polar surface area (TPSA) is 17.2 Å². The Morgan fingerprint density at radius 2 is 1.83 bits per heavy atom. The van der Waals surface area contributed by atoms with Gasteiger partial charge < -0.3 is 4.85 Å². The minimum absolute atomic E-state index is 0.0596. The van der Waals surface area contributed by atoms with Crippen LogP contribution in [0.2, 0.25) is 0 Å². The molecule has 0 spiro atoms. The van der Waals surface area contributed by atoms with Gasteiger partial charge in [-0.15, -0.1) is 4.98 Å². The molecule has 5 heteroatoms. The number of nitrogens with zero attached hydrogens (tertiary/aromatic N) is 2. The van der Waals surface area contributed by atoms with Crippen molar-refractivity contribution in [2.45, 2.75) is 6.43 Å². The van der Waals surface area contributed by atoms with E-state index in [9.17, 15) is 13.2 Å². The molecular weight excluding hydrogens is 241 g/mol. The third-order valence-corrected chi connectivity index (χ3v) is 2.43. The first-order valence-corrected chi connectivity index (χ1v) is 5.03. The van der Waals surface area contributed by atoms with Crippen molar-refractivity contribution in [3.05, 3.63) is 59.3 Å². The van der Waals surface area contributed by atoms with E-state index in [1.165, 1.54) is 30.3 Å². The van der Waals surface area contributed by atoms with Crippen LogP contribution in [0.25, 0.3) is 16.0 Å². The summed E-state index contributed by atoms with van der Waals surface area (Å²) >= 11 is 0. The molecule has 1 aromatic carbocycles. The normalized spacial score (nSPS) is 10.4. The highest BCUT2D eigenvalue weighted by atomic mass is 19.3. The molecule has 2 nitrogen and oxygen atoms in total. The summed E-state index contributed by atoms with van der Waals surface area (Å²) < 4.78 is 38.3. The van der Waals surface area contributed by atoms with E-state index in [2.05, 4.69) is 9.83 Å². The molecule has 2 aromatic rings. The molecule has 1 aromatic heterocycles. The predicted octanol–water partition coefficient (Wildman–Crippen LogP) is 4.38. The second-order valence-corrected chi connectivity index (χ2v) is 3.56. The lowest BCUT2D eigenvalue weighted by molar-refractivity contribution is 0.151. The molecule has 18 heavy (non-hydrogen) atoms. The van der Waals surface area contributed by atoms with Gasteiger partial charge in [0.25, 0.3) is 12.2 Å². The summed E-state index contributed by atoms with van der Waals surface area (Å²) in [6, 6.07) is 6.55. The van der Waals surface area contributed by atoms with Crippen molar-refractivity contribution >= 4 is 5.82 Å². The van der Waals surface area contributed by atoms with Gasteiger partial charge in [-0.3, -0.25) is 0 Å². The quantitative estimate of drug-likeness (QED) is 0.721. The van der Waals surface area contributed by atoms with Gasteiger partial charge in [0.1, 0.15) is 0 Å². The second-order valence-electron chi connectivity index (χ2n) is 3.56. The average Bonchev–Trinajstić information content (AvgIpc) is 2.39. The van der Waals surface area contributed by atoms with E-state index in [-0.39, 0.29) is 16.9 Å². The van der Waals surface area contributed by atoms with Crippen LogP contribution < -0.4 is 0 Å². The largest absolute Gasteiger partial charge is 0.361 e. The smallest absolute Gasteiger partial charge is 0.270 e. The molecule has 0 atom stereocenters. The summed E-state index contributed by atoms with van der Waals surface area (Å²) in [6.45, 7) is 6.80. The van der Waals surface area contributed by atoms with E-state index in [1.54, 1.807) is 0 Å². The van der Waals surface area contributed by atoms with Gasteiger partial charge in [0.15, 0.2) is 12.0 Å². The van der Waals surface area contributed by atoms with Gasteiger partial charge >= 0.3 is 0 Å². The van der Waals surface area contributed by atoms with Gasteiger partial charge in [0.2, 0.25) is 0 Å². The molecule has 90 valence electrons. The van der Waals surface area contributed by atoms with Crippen molar-refractivity contribution in [2.75, 3.05) is 0 Å². The molecule has 0 aliphatic rings. The lowest BCUT2D eigenvalue weighted by Gasteiger charge is -2.04. The van der Waals surface area contributed by atoms with E-state index in [0.717, 1.165) is 6.20 Å². The first kappa shape index (κ1) is 12.1. The van der Waals surface area contributed by atoms with E-state index in [0.29, 0.717) is 5.56 Å². The Labute approximate surface area is 102 Å². The third-order valence-electron chi connectivity index (χ3n) is 2.43. The lowest BCUT2D eigenvalue weighted by atomic mass is 10.0. The Kier molecular flexibility index (Phi) is 3.28. The summed E-state index contributed by atoms with van der Waals surface area (Å²) in [5.41, 5.74) is 0.486. The van der Waals surface area contributed by atoms with Crippen LogP contribution in [0.3, 0.4) is 0 Å². The SMILES string of the molecule is [C-]#[N+]c1cc(-c2ccc(C(F)F)cc2)c(F)cn1. The Bertz CT molecular complexity index is 601. The highest BCUT2D eigenvalue weighted by Crippen LogP contribution is 2.27. The van der Waals surface area contributed by atoms with Crippen LogP contribution in [0.5, 0.6) is 0 Å². The molecule has 0 radical (unpaired) electrons. The lowest BCUT2D eigenvalue weighted by Crippen LogP contribution is -1.88. The molecule has 0 saturated carbocycles. The predicted molar refractivity (Wildman–Crippen MR) is 60.9 cm³/mol. The van der Waals surface area contributed by atoms with Crippen LogP contribution in [-0.2, 0) is 0 Å². The summed E-state index contributed by atoms with van der Waals surface area (Å²) in [7, 11) is 0. The highest BCUT2D eigenvalue weighted by Gasteiger charge is 2.10. The maximum absolute atomic E-state index is 13.5. The maximum Gasteiger partial charge on any atom is 0.270 e. The number of rotatable bonds is 2. The van der Waals surface area contributed by atoms with Crippen LogP contribution in [0.4, 0.5) is 19.0 Å². The van der Waals surface area contributed by atoms with Crippen molar-refractivity contribution in [2.24, 2.45) is 0 Å². The summed E-state index contributed by atoms with van der Waals surface area (Å²) in [5, 5.41) is 0. The van der Waals surface area contributed by atoms with Gasteiger partial charge in [0, 0.05) is 11.1 Å². The van der Waals surface area contributed by atoms with Crippen molar-refractivity contribution in [3.8, 4) is 11.1 Å². The molecule has 0 aliphatic heterocycles. The maximum atomic E-state index is 13.5. The third kappa shape index (κ3) is 2.33. The molecule has 0 fully saturated rings. The van der Waals surface area contributed by atoms with Crippen LogP contribution in [0, 0.1) is 12.4 Å². The number of aromatic nitrogens is 1. The minimum Gasteiger partial charge on any atom is -0.361 e. The monoisotopic (exact) mass is 248 g/mol. The molecule has 0 saturated heterocycles. The summed E-state index contributed by atoms with van der Waals surface area (Å²) in [4.78, 5) is 6.68. The Morgan fingerprint density at radius 1 is 1.17 bits per heavy atom. The minimum atomic E-state index is -2.56. The number of benzene rings is 1. The first-order valence-electron chi connectivity index (χ1n) is 5.03. The van der Waals surface area contributed by atoms with Crippen molar-refractivity contribution in [3.63, 3.8) is 0 Å². The molecule has 2 rings (SSSR count). The Balaban J connectivity index is 2.45. The zero-order chi connectivity index (χ0) is 13.1. The molecule has 0 aliphatic carbocycles. The zero-order valence-corrected chi connectivity index (χ0v) is 9.07. The van der Waals surface area contributed by atoms with Gasteiger partial charge in [-0.2, -0.15) is 0 Å². The first-order chi connectivity index (χ1) is 8.61. The number of hydrogen-bond donors (Lipinski definition) is 0. The van der Waals surface area contributed by atoms with E-state index in [1.807, 2.05) is 0 Å². The standard InChI is InChI=1S/C13H7F3N2/c1-17-12-6-10(11(14)7-18-12)8-2-4-9(5-3-8)13(15)16/h2-7,13H. The fraction of sp³-hybridized carbons (Fsp3) is 0.0769. The highest BCUT2D eigenvalue weighted by molar-refractivity contribution is 5.67. The molecular formula is C13H7F3N2. The number of hydrogen-bond acceptors (Lipinski definition) is 1. The second kappa shape index (κ2) is 4.88. The summed E-state index contributed by atoms with van der Waals surface area (Å²) in [6.07, 6.45) is -1.61. The van der Waals surface area contributed by atoms with E-state index in [4.69, 9.17) is 6.57 Å². The number of alkyl halides is 2. The van der Waals surface area contributed by atoms with Gasteiger partial charge in [0.05, 0.1) is 0 Å². The molecule has 0 bridgehead atoms. The van der Waals surface area contributed by atoms with Crippen molar-refractivity contribution in [1.82, 2.24) is 4.98 Å².